The van der Waals surface area contributed by atoms with Crippen LogP contribution in [0.4, 0.5) is 0 Å². The summed E-state index contributed by atoms with van der Waals surface area (Å²) >= 11 is 0. The minimum Gasteiger partial charge on any atom is -0.483 e. The maximum absolute atomic E-state index is 11.7. The van der Waals surface area contributed by atoms with Crippen LogP contribution in [0.25, 0.3) is 0 Å². The first-order valence-electron chi connectivity index (χ1n) is 7.32. The van der Waals surface area contributed by atoms with E-state index in [2.05, 4.69) is 22.7 Å². The van der Waals surface area contributed by atoms with E-state index in [1.54, 1.807) is 0 Å². The van der Waals surface area contributed by atoms with Gasteiger partial charge in [-0.3, -0.25) is 4.79 Å². The van der Waals surface area contributed by atoms with Crippen molar-refractivity contribution in [2.45, 2.75) is 33.1 Å². The van der Waals surface area contributed by atoms with Crippen LogP contribution in [0.3, 0.4) is 0 Å². The second-order valence-corrected chi connectivity index (χ2v) is 5.42. The van der Waals surface area contributed by atoms with Crippen molar-refractivity contribution in [1.82, 2.24) is 5.43 Å². The molecule has 1 aliphatic carbocycles. The third-order valence-corrected chi connectivity index (χ3v) is 3.49. The van der Waals surface area contributed by atoms with Gasteiger partial charge in [0.25, 0.3) is 5.91 Å². The number of nitrogens with one attached hydrogen (secondary N) is 1. The van der Waals surface area contributed by atoms with Crippen LogP contribution in [0.5, 0.6) is 5.75 Å². The first-order valence-corrected chi connectivity index (χ1v) is 7.32. The van der Waals surface area contributed by atoms with Gasteiger partial charge in [0, 0.05) is 6.21 Å². The van der Waals surface area contributed by atoms with E-state index in [0.29, 0.717) is 5.92 Å². The highest BCUT2D eigenvalue weighted by atomic mass is 16.5. The van der Waals surface area contributed by atoms with E-state index in [4.69, 9.17) is 4.74 Å². The van der Waals surface area contributed by atoms with Crippen molar-refractivity contribution >= 4 is 12.1 Å². The Bertz CT molecular complexity index is 550. The summed E-state index contributed by atoms with van der Waals surface area (Å²) in [6, 6.07) is 5.93. The Balaban J connectivity index is 1.75. The number of rotatable bonds is 5. The molecule has 1 aromatic rings. The summed E-state index contributed by atoms with van der Waals surface area (Å²) in [5, 5.41) is 4.01. The average molecular weight is 286 g/mol. The molecule has 0 heterocycles. The van der Waals surface area contributed by atoms with Crippen LogP contribution in [0.2, 0.25) is 0 Å². The number of aryl methyl sites for hydroxylation is 2. The molecule has 1 atom stereocenters. The first-order chi connectivity index (χ1) is 10.1. The summed E-state index contributed by atoms with van der Waals surface area (Å²) in [5.74, 6) is 0.931. The van der Waals surface area contributed by atoms with Gasteiger partial charge in [-0.15, -0.1) is 0 Å². The molecule has 1 N–H and O–H groups in total. The number of ether oxygens (including phenoxy) is 1. The summed E-state index contributed by atoms with van der Waals surface area (Å²) < 4.78 is 5.52. The summed E-state index contributed by atoms with van der Waals surface area (Å²) in [6.45, 7) is 3.93. The number of hydrogen-bond donors (Lipinski definition) is 1. The molecule has 0 saturated heterocycles. The lowest BCUT2D eigenvalue weighted by Gasteiger charge is -2.12. The lowest BCUT2D eigenvalue weighted by atomic mass is 9.96. The third-order valence-electron chi connectivity index (χ3n) is 3.49. The fraction of sp³-hybridized carbons (Fsp3) is 0.412. The summed E-state index contributed by atoms with van der Waals surface area (Å²) in [6.07, 6.45) is 9.33. The van der Waals surface area contributed by atoms with Gasteiger partial charge >= 0.3 is 0 Å². The first kappa shape index (κ1) is 15.3. The van der Waals surface area contributed by atoms with Gasteiger partial charge < -0.3 is 4.74 Å². The fourth-order valence-electron chi connectivity index (χ4n) is 2.21. The monoisotopic (exact) mass is 286 g/mol. The number of carbonyl (C=O) groups excluding carboxylic acids is 1. The van der Waals surface area contributed by atoms with Gasteiger partial charge in [0.15, 0.2) is 6.61 Å². The molecule has 21 heavy (non-hydrogen) atoms. The van der Waals surface area contributed by atoms with Crippen molar-refractivity contribution in [2.24, 2.45) is 11.0 Å². The molecule has 0 spiro atoms. The molecular formula is C17H22N2O2. The van der Waals surface area contributed by atoms with Gasteiger partial charge in [0.05, 0.1) is 0 Å². The molecule has 0 fully saturated rings. The molecule has 112 valence electrons. The van der Waals surface area contributed by atoms with Crippen LogP contribution >= 0.6 is 0 Å². The number of benzene rings is 1. The van der Waals surface area contributed by atoms with E-state index in [1.165, 1.54) is 0 Å². The predicted octanol–water partition coefficient (Wildman–Crippen LogP) is 3.14. The molecule has 1 aromatic carbocycles. The van der Waals surface area contributed by atoms with E-state index in [0.717, 1.165) is 36.1 Å². The minimum atomic E-state index is -0.237. The number of carbonyl (C=O) groups is 1. The maximum atomic E-state index is 11.7. The van der Waals surface area contributed by atoms with Crippen molar-refractivity contribution in [3.63, 3.8) is 0 Å². The SMILES string of the molecule is Cc1ccc(C)c(OCC(=O)N/N=C\[C@@H]2CC=CCC2)c1. The highest BCUT2D eigenvalue weighted by Crippen LogP contribution is 2.19. The van der Waals surface area contributed by atoms with Crippen molar-refractivity contribution in [3.8, 4) is 5.75 Å². The Morgan fingerprint density at radius 3 is 3.05 bits per heavy atom. The largest absolute Gasteiger partial charge is 0.483 e. The lowest BCUT2D eigenvalue weighted by molar-refractivity contribution is -0.123. The van der Waals surface area contributed by atoms with Crippen LogP contribution in [-0.4, -0.2) is 18.7 Å². The maximum Gasteiger partial charge on any atom is 0.277 e. The normalized spacial score (nSPS) is 17.9. The van der Waals surface area contributed by atoms with Gasteiger partial charge in [-0.1, -0.05) is 24.3 Å². The van der Waals surface area contributed by atoms with E-state index in [9.17, 15) is 4.79 Å². The van der Waals surface area contributed by atoms with Crippen molar-refractivity contribution < 1.29 is 9.53 Å². The quantitative estimate of drug-likeness (QED) is 0.513. The molecule has 2 rings (SSSR count). The third kappa shape index (κ3) is 5.06. The van der Waals surface area contributed by atoms with Crippen LogP contribution in [0.1, 0.15) is 30.4 Å². The molecule has 1 aliphatic rings. The molecular weight excluding hydrogens is 264 g/mol. The topological polar surface area (TPSA) is 50.7 Å². The lowest BCUT2D eigenvalue weighted by Crippen LogP contribution is -2.25. The number of hydrogen-bond acceptors (Lipinski definition) is 3. The number of hydrazone groups is 1. The zero-order valence-electron chi connectivity index (χ0n) is 12.6. The smallest absolute Gasteiger partial charge is 0.277 e. The number of amides is 1. The minimum absolute atomic E-state index is 0.0216. The Morgan fingerprint density at radius 2 is 2.29 bits per heavy atom. The Labute approximate surface area is 125 Å². The molecule has 0 aliphatic heterocycles. The summed E-state index contributed by atoms with van der Waals surface area (Å²) in [7, 11) is 0. The average Bonchev–Trinajstić information content (AvgIpc) is 2.49. The molecule has 0 bridgehead atoms. The highest BCUT2D eigenvalue weighted by molar-refractivity contribution is 5.78. The van der Waals surface area contributed by atoms with Gasteiger partial charge in [-0.05, 0) is 56.2 Å². The zero-order chi connectivity index (χ0) is 15.1. The van der Waals surface area contributed by atoms with E-state index < -0.39 is 0 Å². The van der Waals surface area contributed by atoms with Crippen molar-refractivity contribution in [1.29, 1.82) is 0 Å². The Hall–Kier alpha value is -2.10. The van der Waals surface area contributed by atoms with Crippen LogP contribution < -0.4 is 10.2 Å². The Morgan fingerprint density at radius 1 is 1.43 bits per heavy atom. The highest BCUT2D eigenvalue weighted by Gasteiger charge is 2.07. The van der Waals surface area contributed by atoms with Crippen molar-refractivity contribution in [2.75, 3.05) is 6.61 Å². The number of nitrogens with zero attached hydrogens (tertiary/aromatic N) is 1. The van der Waals surface area contributed by atoms with Crippen LogP contribution in [0.15, 0.2) is 35.5 Å². The van der Waals surface area contributed by atoms with Gasteiger partial charge in [-0.2, -0.15) is 5.10 Å². The summed E-state index contributed by atoms with van der Waals surface area (Å²) in [5.41, 5.74) is 4.65. The van der Waals surface area contributed by atoms with Crippen LogP contribution in [0, 0.1) is 19.8 Å². The van der Waals surface area contributed by atoms with E-state index in [1.807, 2.05) is 38.3 Å². The van der Waals surface area contributed by atoms with E-state index >= 15 is 0 Å². The van der Waals surface area contributed by atoms with Crippen LogP contribution in [-0.2, 0) is 4.79 Å². The zero-order valence-corrected chi connectivity index (χ0v) is 12.6. The van der Waals surface area contributed by atoms with Crippen molar-refractivity contribution in [3.05, 3.63) is 41.5 Å². The molecule has 4 heteroatoms. The van der Waals surface area contributed by atoms with Gasteiger partial charge in [0.2, 0.25) is 0 Å². The molecule has 4 nitrogen and oxygen atoms in total. The second-order valence-electron chi connectivity index (χ2n) is 5.42. The molecule has 0 radical (unpaired) electrons. The predicted molar refractivity (Wildman–Crippen MR) is 84.5 cm³/mol. The molecule has 0 unspecified atom stereocenters. The second kappa shape index (κ2) is 7.62. The standard InChI is InChI=1S/C17H22N2O2/c1-13-8-9-14(2)16(10-13)21-12-17(20)19-18-11-15-6-4-3-5-7-15/h3-4,8-11,15H,5-7,12H2,1-2H3,(H,19,20)/b18-11-/t15-/m1/s1. The fourth-order valence-corrected chi connectivity index (χ4v) is 2.21. The molecule has 1 amide bonds. The molecule has 0 saturated carbocycles. The summed E-state index contributed by atoms with van der Waals surface area (Å²) in [4.78, 5) is 11.7. The number of allylic oxidation sites excluding steroid dienone is 2. The molecule has 0 aromatic heterocycles. The van der Waals surface area contributed by atoms with E-state index in [-0.39, 0.29) is 12.5 Å². The van der Waals surface area contributed by atoms with Gasteiger partial charge in [-0.25, -0.2) is 5.43 Å². The van der Waals surface area contributed by atoms with Gasteiger partial charge in [0.1, 0.15) is 5.75 Å². The Kier molecular flexibility index (Phi) is 5.55.